The highest BCUT2D eigenvalue weighted by Gasteiger charge is 2.39. The molecule has 2 aliphatic heterocycles. The van der Waals surface area contributed by atoms with Crippen LogP contribution in [-0.4, -0.2) is 41.8 Å². The number of rotatable bonds is 0. The van der Waals surface area contributed by atoms with Gasteiger partial charge in [0.2, 0.25) is 0 Å². The monoisotopic (exact) mass is 226 g/mol. The van der Waals surface area contributed by atoms with Gasteiger partial charge in [0.15, 0.2) is 0 Å². The summed E-state index contributed by atoms with van der Waals surface area (Å²) in [6.07, 6.45) is 3.17. The molecule has 0 aromatic carbocycles. The summed E-state index contributed by atoms with van der Waals surface area (Å²) >= 11 is 0. The Morgan fingerprint density at radius 2 is 2.12 bits per heavy atom. The second-order valence-electron chi connectivity index (χ2n) is 5.73. The van der Waals surface area contributed by atoms with E-state index in [-0.39, 0.29) is 6.09 Å². The summed E-state index contributed by atoms with van der Waals surface area (Å²) in [6.45, 7) is 7.66. The minimum Gasteiger partial charge on any atom is -0.444 e. The SMILES string of the molecule is CC(C)(C)OC(=O)N1CCC2NCCCC21. The molecule has 92 valence electrons. The predicted molar refractivity (Wildman–Crippen MR) is 62.4 cm³/mol. The third kappa shape index (κ3) is 2.48. The molecule has 0 spiro atoms. The molecule has 0 radical (unpaired) electrons. The molecule has 2 fully saturated rings. The zero-order valence-electron chi connectivity index (χ0n) is 10.5. The van der Waals surface area contributed by atoms with Crippen LogP contribution in [0.1, 0.15) is 40.0 Å². The van der Waals surface area contributed by atoms with Crippen LogP contribution in [0, 0.1) is 0 Å². The number of likely N-dealkylation sites (tertiary alicyclic amines) is 1. The largest absolute Gasteiger partial charge is 0.444 e. The summed E-state index contributed by atoms with van der Waals surface area (Å²) < 4.78 is 5.43. The summed E-state index contributed by atoms with van der Waals surface area (Å²) in [6, 6.07) is 0.838. The van der Waals surface area contributed by atoms with Crippen molar-refractivity contribution in [1.29, 1.82) is 0 Å². The highest BCUT2D eigenvalue weighted by molar-refractivity contribution is 5.69. The van der Waals surface area contributed by atoms with Crippen LogP contribution in [0.25, 0.3) is 0 Å². The number of ether oxygens (including phenoxy) is 1. The fraction of sp³-hybridized carbons (Fsp3) is 0.917. The van der Waals surface area contributed by atoms with E-state index in [1.165, 1.54) is 0 Å². The number of amides is 1. The number of hydrogen-bond acceptors (Lipinski definition) is 3. The molecule has 2 heterocycles. The van der Waals surface area contributed by atoms with E-state index in [0.29, 0.717) is 12.1 Å². The van der Waals surface area contributed by atoms with Crippen molar-refractivity contribution >= 4 is 6.09 Å². The van der Waals surface area contributed by atoms with Gasteiger partial charge in [0.1, 0.15) is 5.60 Å². The minimum atomic E-state index is -0.392. The Kier molecular flexibility index (Phi) is 3.10. The second kappa shape index (κ2) is 4.24. The molecule has 1 N–H and O–H groups in total. The molecular weight excluding hydrogens is 204 g/mol. The minimum absolute atomic E-state index is 0.149. The maximum atomic E-state index is 12.0. The fourth-order valence-corrected chi connectivity index (χ4v) is 2.59. The van der Waals surface area contributed by atoms with E-state index >= 15 is 0 Å². The van der Waals surface area contributed by atoms with Gasteiger partial charge < -0.3 is 15.0 Å². The van der Waals surface area contributed by atoms with Crippen LogP contribution < -0.4 is 5.32 Å². The topological polar surface area (TPSA) is 41.6 Å². The number of piperidine rings is 1. The Bertz CT molecular complexity index is 273. The van der Waals surface area contributed by atoms with Crippen molar-refractivity contribution in [3.63, 3.8) is 0 Å². The molecule has 2 atom stereocenters. The number of nitrogens with zero attached hydrogens (tertiary/aromatic N) is 1. The summed E-state index contributed by atoms with van der Waals surface area (Å²) in [4.78, 5) is 13.9. The van der Waals surface area contributed by atoms with Gasteiger partial charge in [-0.25, -0.2) is 4.79 Å². The molecule has 2 unspecified atom stereocenters. The first-order valence-corrected chi connectivity index (χ1v) is 6.20. The lowest BCUT2D eigenvalue weighted by Crippen LogP contribution is -2.49. The predicted octanol–water partition coefficient (Wildman–Crippen LogP) is 1.75. The average Bonchev–Trinajstić information content (AvgIpc) is 2.58. The molecule has 1 amide bonds. The quantitative estimate of drug-likeness (QED) is 0.684. The Labute approximate surface area is 97.3 Å². The van der Waals surface area contributed by atoms with Crippen molar-refractivity contribution in [1.82, 2.24) is 10.2 Å². The highest BCUT2D eigenvalue weighted by atomic mass is 16.6. The number of carbonyl (C=O) groups excluding carboxylic acids is 1. The number of nitrogens with one attached hydrogen (secondary N) is 1. The van der Waals surface area contributed by atoms with E-state index in [2.05, 4.69) is 5.32 Å². The van der Waals surface area contributed by atoms with Crippen molar-refractivity contribution < 1.29 is 9.53 Å². The summed E-state index contributed by atoms with van der Waals surface area (Å²) in [5.41, 5.74) is -0.392. The Hall–Kier alpha value is -0.770. The van der Waals surface area contributed by atoms with Gasteiger partial charge in [-0.1, -0.05) is 0 Å². The first-order valence-electron chi connectivity index (χ1n) is 6.20. The Balaban J connectivity index is 1.97. The molecule has 16 heavy (non-hydrogen) atoms. The lowest BCUT2D eigenvalue weighted by atomic mass is 10.00. The van der Waals surface area contributed by atoms with Crippen LogP contribution in [0.15, 0.2) is 0 Å². The molecule has 2 rings (SSSR count). The molecule has 4 heteroatoms. The summed E-state index contributed by atoms with van der Waals surface area (Å²) in [5.74, 6) is 0. The third-order valence-corrected chi connectivity index (χ3v) is 3.26. The molecule has 0 aliphatic carbocycles. The van der Waals surface area contributed by atoms with E-state index in [1.807, 2.05) is 25.7 Å². The van der Waals surface area contributed by atoms with Crippen molar-refractivity contribution in [2.75, 3.05) is 13.1 Å². The maximum Gasteiger partial charge on any atom is 0.410 e. The van der Waals surface area contributed by atoms with Crippen molar-refractivity contribution in [2.24, 2.45) is 0 Å². The van der Waals surface area contributed by atoms with Gasteiger partial charge in [-0.3, -0.25) is 0 Å². The molecule has 2 aliphatic rings. The zero-order valence-corrected chi connectivity index (χ0v) is 10.5. The van der Waals surface area contributed by atoms with E-state index < -0.39 is 5.60 Å². The summed E-state index contributed by atoms with van der Waals surface area (Å²) in [7, 11) is 0. The first-order chi connectivity index (χ1) is 7.47. The molecule has 0 saturated carbocycles. The number of carbonyl (C=O) groups is 1. The molecule has 0 aromatic heterocycles. The standard InChI is InChI=1S/C12H22N2O2/c1-12(2,3)16-11(15)14-8-6-9-10(14)5-4-7-13-9/h9-10,13H,4-8H2,1-3H3. The van der Waals surface area contributed by atoms with E-state index in [9.17, 15) is 4.79 Å². The van der Waals surface area contributed by atoms with Crippen LogP contribution in [0.5, 0.6) is 0 Å². The molecule has 2 saturated heterocycles. The first kappa shape index (κ1) is 11.7. The average molecular weight is 226 g/mol. The molecule has 0 aromatic rings. The van der Waals surface area contributed by atoms with Crippen LogP contribution in [0.2, 0.25) is 0 Å². The lowest BCUT2D eigenvalue weighted by molar-refractivity contribution is 0.0197. The van der Waals surface area contributed by atoms with Gasteiger partial charge in [0, 0.05) is 12.6 Å². The van der Waals surface area contributed by atoms with Gasteiger partial charge in [0.05, 0.1) is 6.04 Å². The maximum absolute atomic E-state index is 12.0. The van der Waals surface area contributed by atoms with Crippen LogP contribution in [0.3, 0.4) is 0 Å². The molecule has 4 nitrogen and oxygen atoms in total. The Morgan fingerprint density at radius 1 is 1.38 bits per heavy atom. The smallest absolute Gasteiger partial charge is 0.410 e. The van der Waals surface area contributed by atoms with E-state index in [4.69, 9.17) is 4.74 Å². The van der Waals surface area contributed by atoms with Crippen molar-refractivity contribution in [3.05, 3.63) is 0 Å². The van der Waals surface area contributed by atoms with Crippen molar-refractivity contribution in [2.45, 2.75) is 57.7 Å². The Morgan fingerprint density at radius 3 is 2.81 bits per heavy atom. The fourth-order valence-electron chi connectivity index (χ4n) is 2.59. The van der Waals surface area contributed by atoms with Crippen LogP contribution >= 0.6 is 0 Å². The van der Waals surface area contributed by atoms with Gasteiger partial charge in [0.25, 0.3) is 0 Å². The summed E-state index contributed by atoms with van der Waals surface area (Å²) in [5, 5.41) is 3.48. The van der Waals surface area contributed by atoms with Crippen molar-refractivity contribution in [3.8, 4) is 0 Å². The highest BCUT2D eigenvalue weighted by Crippen LogP contribution is 2.26. The van der Waals surface area contributed by atoms with Gasteiger partial charge in [-0.2, -0.15) is 0 Å². The van der Waals surface area contributed by atoms with Gasteiger partial charge >= 0.3 is 6.09 Å². The van der Waals surface area contributed by atoms with Crippen LogP contribution in [0.4, 0.5) is 4.79 Å². The van der Waals surface area contributed by atoms with E-state index in [0.717, 1.165) is 32.4 Å². The second-order valence-corrected chi connectivity index (χ2v) is 5.73. The van der Waals surface area contributed by atoms with E-state index in [1.54, 1.807) is 0 Å². The third-order valence-electron chi connectivity index (χ3n) is 3.26. The molecule has 0 bridgehead atoms. The van der Waals surface area contributed by atoms with Gasteiger partial charge in [-0.05, 0) is 46.6 Å². The zero-order chi connectivity index (χ0) is 11.8. The number of fused-ring (bicyclic) bond motifs is 1. The van der Waals surface area contributed by atoms with Crippen LogP contribution in [-0.2, 0) is 4.74 Å². The number of hydrogen-bond donors (Lipinski definition) is 1. The lowest BCUT2D eigenvalue weighted by Gasteiger charge is -2.33. The van der Waals surface area contributed by atoms with Gasteiger partial charge in [-0.15, -0.1) is 0 Å². The normalized spacial score (nSPS) is 30.1. The molecular formula is C12H22N2O2.